The molecule has 2 aromatic rings. The number of nitrogens with zero attached hydrogens (tertiary/aromatic N) is 3. The minimum atomic E-state index is 0.151. The van der Waals surface area contributed by atoms with Gasteiger partial charge in [0.15, 0.2) is 0 Å². The van der Waals surface area contributed by atoms with Crippen LogP contribution in [0.5, 0.6) is 0 Å². The van der Waals surface area contributed by atoms with Crippen molar-refractivity contribution in [3.8, 4) is 0 Å². The van der Waals surface area contributed by atoms with Crippen molar-refractivity contribution in [2.45, 2.75) is 19.3 Å². The SMILES string of the molecule is CN(CC(=O)N1CC(OCc2ccccc2)C1)Cc1cccnc1. The van der Waals surface area contributed by atoms with Gasteiger partial charge in [0.2, 0.25) is 5.91 Å². The van der Waals surface area contributed by atoms with Gasteiger partial charge in [-0.05, 0) is 24.2 Å². The van der Waals surface area contributed by atoms with Crippen LogP contribution >= 0.6 is 0 Å². The molecular formula is C19H23N3O2. The maximum absolute atomic E-state index is 12.3. The third-order valence-electron chi connectivity index (χ3n) is 4.11. The zero-order valence-corrected chi connectivity index (χ0v) is 14.0. The highest BCUT2D eigenvalue weighted by molar-refractivity contribution is 5.79. The summed E-state index contributed by atoms with van der Waals surface area (Å²) in [6.07, 6.45) is 3.74. The number of likely N-dealkylation sites (tertiary alicyclic amines) is 1. The largest absolute Gasteiger partial charge is 0.370 e. The second-order valence-electron chi connectivity index (χ2n) is 6.25. The van der Waals surface area contributed by atoms with E-state index >= 15 is 0 Å². The molecule has 0 aliphatic carbocycles. The fraction of sp³-hybridized carbons (Fsp3) is 0.368. The number of carbonyl (C=O) groups excluding carboxylic acids is 1. The predicted octanol–water partition coefficient (Wildman–Crippen LogP) is 1.94. The molecule has 1 fully saturated rings. The molecule has 1 amide bonds. The Labute approximate surface area is 142 Å². The van der Waals surface area contributed by atoms with Gasteiger partial charge in [0.25, 0.3) is 0 Å². The third kappa shape index (κ3) is 4.63. The van der Waals surface area contributed by atoms with Crippen LogP contribution < -0.4 is 0 Å². The van der Waals surface area contributed by atoms with Crippen LogP contribution in [0.4, 0.5) is 0 Å². The smallest absolute Gasteiger partial charge is 0.236 e. The highest BCUT2D eigenvalue weighted by Gasteiger charge is 2.31. The molecule has 1 aliphatic heterocycles. The van der Waals surface area contributed by atoms with Crippen molar-refractivity contribution in [3.05, 3.63) is 66.0 Å². The van der Waals surface area contributed by atoms with Gasteiger partial charge in [-0.3, -0.25) is 14.7 Å². The Morgan fingerprint density at radius 1 is 1.21 bits per heavy atom. The second kappa shape index (κ2) is 8.04. The fourth-order valence-corrected chi connectivity index (χ4v) is 2.73. The summed E-state index contributed by atoms with van der Waals surface area (Å²) in [5.74, 6) is 0.154. The first-order valence-electron chi connectivity index (χ1n) is 8.21. The molecule has 0 radical (unpaired) electrons. The van der Waals surface area contributed by atoms with Gasteiger partial charge in [0, 0.05) is 32.0 Å². The molecule has 1 aromatic carbocycles. The van der Waals surface area contributed by atoms with Gasteiger partial charge in [0.05, 0.1) is 19.3 Å². The number of carbonyl (C=O) groups is 1. The molecule has 3 rings (SSSR count). The Bertz CT molecular complexity index is 642. The topological polar surface area (TPSA) is 45.7 Å². The van der Waals surface area contributed by atoms with E-state index in [-0.39, 0.29) is 12.0 Å². The summed E-state index contributed by atoms with van der Waals surface area (Å²) in [6, 6.07) is 14.0. The van der Waals surface area contributed by atoms with Gasteiger partial charge >= 0.3 is 0 Å². The number of hydrogen-bond donors (Lipinski definition) is 0. The summed E-state index contributed by atoms with van der Waals surface area (Å²) < 4.78 is 5.83. The van der Waals surface area contributed by atoms with E-state index in [1.807, 2.05) is 53.4 Å². The Morgan fingerprint density at radius 3 is 2.67 bits per heavy atom. The molecule has 0 bridgehead atoms. The Morgan fingerprint density at radius 2 is 1.96 bits per heavy atom. The minimum absolute atomic E-state index is 0.151. The molecule has 0 N–H and O–H groups in total. The first-order valence-corrected chi connectivity index (χ1v) is 8.21. The van der Waals surface area contributed by atoms with E-state index in [2.05, 4.69) is 17.1 Å². The van der Waals surface area contributed by atoms with E-state index in [9.17, 15) is 4.79 Å². The van der Waals surface area contributed by atoms with Gasteiger partial charge < -0.3 is 9.64 Å². The number of hydrogen-bond acceptors (Lipinski definition) is 4. The lowest BCUT2D eigenvalue weighted by molar-refractivity contribution is -0.146. The lowest BCUT2D eigenvalue weighted by Crippen LogP contribution is -2.56. The zero-order chi connectivity index (χ0) is 16.8. The average Bonchev–Trinajstić information content (AvgIpc) is 2.55. The van der Waals surface area contributed by atoms with Gasteiger partial charge in [-0.1, -0.05) is 36.4 Å². The molecular weight excluding hydrogens is 302 g/mol. The summed E-state index contributed by atoms with van der Waals surface area (Å²) in [5.41, 5.74) is 2.28. The van der Waals surface area contributed by atoms with E-state index < -0.39 is 0 Å². The van der Waals surface area contributed by atoms with Crippen LogP contribution in [0, 0.1) is 0 Å². The summed E-state index contributed by atoms with van der Waals surface area (Å²) >= 11 is 0. The second-order valence-corrected chi connectivity index (χ2v) is 6.25. The quantitative estimate of drug-likeness (QED) is 0.780. The third-order valence-corrected chi connectivity index (χ3v) is 4.11. The number of aromatic nitrogens is 1. The highest BCUT2D eigenvalue weighted by atomic mass is 16.5. The monoisotopic (exact) mass is 325 g/mol. The van der Waals surface area contributed by atoms with Gasteiger partial charge in [0.1, 0.15) is 0 Å². The molecule has 0 unspecified atom stereocenters. The van der Waals surface area contributed by atoms with Crippen LogP contribution in [0.3, 0.4) is 0 Å². The lowest BCUT2D eigenvalue weighted by Gasteiger charge is -2.39. The van der Waals surface area contributed by atoms with Crippen molar-refractivity contribution in [1.82, 2.24) is 14.8 Å². The number of ether oxygens (including phenoxy) is 1. The number of pyridine rings is 1. The number of rotatable bonds is 7. The number of benzene rings is 1. The molecule has 5 heteroatoms. The molecule has 5 nitrogen and oxygen atoms in total. The number of likely N-dealkylation sites (N-methyl/N-ethyl adjacent to an activating group) is 1. The van der Waals surface area contributed by atoms with Crippen molar-refractivity contribution in [2.75, 3.05) is 26.7 Å². The zero-order valence-electron chi connectivity index (χ0n) is 14.0. The van der Waals surface area contributed by atoms with Crippen molar-refractivity contribution in [3.63, 3.8) is 0 Å². The minimum Gasteiger partial charge on any atom is -0.370 e. The van der Waals surface area contributed by atoms with Crippen LogP contribution in [0.1, 0.15) is 11.1 Å². The van der Waals surface area contributed by atoms with Crippen molar-refractivity contribution >= 4 is 5.91 Å². The van der Waals surface area contributed by atoms with E-state index in [1.54, 1.807) is 6.20 Å². The van der Waals surface area contributed by atoms with E-state index in [0.717, 1.165) is 12.1 Å². The van der Waals surface area contributed by atoms with Crippen LogP contribution in [0.25, 0.3) is 0 Å². The van der Waals surface area contributed by atoms with Crippen molar-refractivity contribution in [1.29, 1.82) is 0 Å². The molecule has 24 heavy (non-hydrogen) atoms. The molecule has 1 saturated heterocycles. The average molecular weight is 325 g/mol. The number of amides is 1. The summed E-state index contributed by atoms with van der Waals surface area (Å²) in [4.78, 5) is 20.2. The maximum atomic E-state index is 12.3. The summed E-state index contributed by atoms with van der Waals surface area (Å²) in [7, 11) is 1.95. The lowest BCUT2D eigenvalue weighted by atomic mass is 10.1. The van der Waals surface area contributed by atoms with Gasteiger partial charge in [-0.25, -0.2) is 0 Å². The molecule has 2 heterocycles. The molecule has 0 saturated carbocycles. The predicted molar refractivity (Wildman–Crippen MR) is 92.2 cm³/mol. The Hall–Kier alpha value is -2.24. The summed E-state index contributed by atoms with van der Waals surface area (Å²) in [5, 5.41) is 0. The molecule has 0 atom stereocenters. The maximum Gasteiger partial charge on any atom is 0.236 e. The first kappa shape index (κ1) is 16.6. The normalized spacial score (nSPS) is 14.7. The van der Waals surface area contributed by atoms with Crippen LogP contribution in [-0.2, 0) is 22.7 Å². The molecule has 0 spiro atoms. The van der Waals surface area contributed by atoms with E-state index in [0.29, 0.717) is 26.2 Å². The standard InChI is InChI=1S/C19H23N3O2/c1-21(11-17-8-5-9-20-10-17)14-19(23)22-12-18(13-22)24-15-16-6-3-2-4-7-16/h2-10,18H,11-15H2,1H3. The first-order chi connectivity index (χ1) is 11.7. The van der Waals surface area contributed by atoms with E-state index in [4.69, 9.17) is 4.74 Å². The Balaban J connectivity index is 1.35. The van der Waals surface area contributed by atoms with Crippen LogP contribution in [0.2, 0.25) is 0 Å². The van der Waals surface area contributed by atoms with E-state index in [1.165, 1.54) is 5.56 Å². The Kier molecular flexibility index (Phi) is 5.56. The van der Waals surface area contributed by atoms with Crippen LogP contribution in [-0.4, -0.2) is 53.5 Å². The van der Waals surface area contributed by atoms with Gasteiger partial charge in [-0.2, -0.15) is 0 Å². The molecule has 1 aromatic heterocycles. The van der Waals surface area contributed by atoms with Crippen molar-refractivity contribution in [2.24, 2.45) is 0 Å². The highest BCUT2D eigenvalue weighted by Crippen LogP contribution is 2.15. The molecule has 126 valence electrons. The van der Waals surface area contributed by atoms with Gasteiger partial charge in [-0.15, -0.1) is 0 Å². The van der Waals surface area contributed by atoms with Crippen molar-refractivity contribution < 1.29 is 9.53 Å². The fourth-order valence-electron chi connectivity index (χ4n) is 2.73. The summed E-state index contributed by atoms with van der Waals surface area (Å²) in [6.45, 7) is 3.12. The van der Waals surface area contributed by atoms with Crippen LogP contribution in [0.15, 0.2) is 54.9 Å². The molecule has 1 aliphatic rings.